The smallest absolute Gasteiger partial charge is 0.328 e. The molecule has 0 radical (unpaired) electrons. The Morgan fingerprint density at radius 1 is 1.29 bits per heavy atom. The average Bonchev–Trinajstić information content (AvgIpc) is 2.45. The lowest BCUT2D eigenvalue weighted by molar-refractivity contribution is -0.131. The number of methoxy groups -OCH3 is 1. The molecule has 1 heterocycles. The molecule has 0 unspecified atom stereocenters. The van der Waals surface area contributed by atoms with Crippen molar-refractivity contribution in [2.24, 2.45) is 0 Å². The van der Waals surface area contributed by atoms with Gasteiger partial charge in [-0.3, -0.25) is 4.79 Å². The van der Waals surface area contributed by atoms with E-state index in [1.807, 2.05) is 25.1 Å². The number of carbonyl (C=O) groups is 1. The quantitative estimate of drug-likeness (QED) is 0.846. The number of aliphatic carboxylic acids is 1. The monoisotopic (exact) mass is 285 g/mol. The molecule has 2 N–H and O–H groups in total. The van der Waals surface area contributed by atoms with Gasteiger partial charge in [-0.2, -0.15) is 0 Å². The number of H-pyrrole nitrogens is 1. The van der Waals surface area contributed by atoms with Gasteiger partial charge in [-0.05, 0) is 54.5 Å². The third-order valence-electron chi connectivity index (χ3n) is 3.05. The largest absolute Gasteiger partial charge is 0.496 e. The lowest BCUT2D eigenvalue weighted by atomic mass is 10.1. The summed E-state index contributed by atoms with van der Waals surface area (Å²) in [6.07, 6.45) is 2.20. The number of hydrogen-bond acceptors (Lipinski definition) is 3. The minimum atomic E-state index is -1.09. The summed E-state index contributed by atoms with van der Waals surface area (Å²) in [7, 11) is 1.60. The molecule has 0 saturated heterocycles. The molecule has 0 bridgehead atoms. The first kappa shape index (κ1) is 14.6. The molecule has 1 aromatic heterocycles. The SMILES string of the molecule is COc1ccc(-c2ccc(/C=C/C(=O)O)c(=O)[nH]2)cc1C. The van der Waals surface area contributed by atoms with Crippen molar-refractivity contribution in [2.45, 2.75) is 6.92 Å². The highest BCUT2D eigenvalue weighted by Gasteiger charge is 2.04. The molecule has 5 heteroatoms. The van der Waals surface area contributed by atoms with Gasteiger partial charge in [0.05, 0.1) is 7.11 Å². The number of aromatic amines is 1. The molecule has 0 saturated carbocycles. The van der Waals surface area contributed by atoms with Crippen LogP contribution in [0.25, 0.3) is 17.3 Å². The topological polar surface area (TPSA) is 79.4 Å². The van der Waals surface area contributed by atoms with E-state index in [1.54, 1.807) is 19.2 Å². The summed E-state index contributed by atoms with van der Waals surface area (Å²) < 4.78 is 5.20. The van der Waals surface area contributed by atoms with E-state index in [0.29, 0.717) is 11.3 Å². The molecule has 0 amide bonds. The minimum Gasteiger partial charge on any atom is -0.496 e. The zero-order chi connectivity index (χ0) is 15.4. The van der Waals surface area contributed by atoms with Crippen molar-refractivity contribution < 1.29 is 14.6 Å². The summed E-state index contributed by atoms with van der Waals surface area (Å²) in [6.45, 7) is 1.92. The van der Waals surface area contributed by atoms with Gasteiger partial charge in [0.2, 0.25) is 0 Å². The van der Waals surface area contributed by atoms with E-state index in [0.717, 1.165) is 23.0 Å². The van der Waals surface area contributed by atoms with Crippen LogP contribution in [0.4, 0.5) is 0 Å². The van der Waals surface area contributed by atoms with E-state index >= 15 is 0 Å². The zero-order valence-electron chi connectivity index (χ0n) is 11.7. The van der Waals surface area contributed by atoms with Crippen LogP contribution in [0.15, 0.2) is 41.2 Å². The first-order chi connectivity index (χ1) is 10.0. The van der Waals surface area contributed by atoms with Crippen LogP contribution >= 0.6 is 0 Å². The lowest BCUT2D eigenvalue weighted by Crippen LogP contribution is -2.10. The van der Waals surface area contributed by atoms with Gasteiger partial charge in [0.25, 0.3) is 5.56 Å². The highest BCUT2D eigenvalue weighted by molar-refractivity contribution is 5.85. The van der Waals surface area contributed by atoms with Crippen molar-refractivity contribution in [3.63, 3.8) is 0 Å². The number of benzene rings is 1. The van der Waals surface area contributed by atoms with Crippen LogP contribution in [0, 0.1) is 6.92 Å². The van der Waals surface area contributed by atoms with Gasteiger partial charge in [-0.15, -0.1) is 0 Å². The van der Waals surface area contributed by atoms with Gasteiger partial charge in [0.15, 0.2) is 0 Å². The summed E-state index contributed by atoms with van der Waals surface area (Å²) in [5.74, 6) is -0.314. The fourth-order valence-corrected chi connectivity index (χ4v) is 1.99. The Labute approximate surface area is 121 Å². The van der Waals surface area contributed by atoms with Crippen molar-refractivity contribution in [3.05, 3.63) is 57.9 Å². The van der Waals surface area contributed by atoms with E-state index in [-0.39, 0.29) is 5.56 Å². The fraction of sp³-hybridized carbons (Fsp3) is 0.125. The van der Waals surface area contributed by atoms with E-state index in [2.05, 4.69) is 4.98 Å². The Hall–Kier alpha value is -2.82. The van der Waals surface area contributed by atoms with Crippen LogP contribution in [0.1, 0.15) is 11.1 Å². The molecule has 21 heavy (non-hydrogen) atoms. The second kappa shape index (κ2) is 6.09. The summed E-state index contributed by atoms with van der Waals surface area (Å²) in [5, 5.41) is 8.57. The predicted molar refractivity (Wildman–Crippen MR) is 80.5 cm³/mol. The van der Waals surface area contributed by atoms with Gasteiger partial charge in [0, 0.05) is 17.3 Å². The maximum atomic E-state index is 11.9. The van der Waals surface area contributed by atoms with Gasteiger partial charge in [-0.1, -0.05) is 0 Å². The number of pyridine rings is 1. The number of ether oxygens (including phenoxy) is 1. The van der Waals surface area contributed by atoms with Crippen LogP contribution in [-0.4, -0.2) is 23.2 Å². The number of carboxylic acid groups (broad SMARTS) is 1. The zero-order valence-corrected chi connectivity index (χ0v) is 11.7. The summed E-state index contributed by atoms with van der Waals surface area (Å²) in [5.41, 5.74) is 2.45. The van der Waals surface area contributed by atoms with E-state index in [1.165, 1.54) is 6.08 Å². The third kappa shape index (κ3) is 3.39. The normalized spacial score (nSPS) is 10.8. The number of carboxylic acids is 1. The van der Waals surface area contributed by atoms with Crippen LogP contribution in [0.2, 0.25) is 0 Å². The van der Waals surface area contributed by atoms with Crippen molar-refractivity contribution in [1.82, 2.24) is 4.98 Å². The number of aromatic nitrogens is 1. The highest BCUT2D eigenvalue weighted by Crippen LogP contribution is 2.24. The number of nitrogens with one attached hydrogen (secondary N) is 1. The molecule has 0 atom stereocenters. The molecule has 5 nitrogen and oxygen atoms in total. The fourth-order valence-electron chi connectivity index (χ4n) is 1.99. The maximum absolute atomic E-state index is 11.9. The summed E-state index contributed by atoms with van der Waals surface area (Å²) in [4.78, 5) is 25.1. The van der Waals surface area contributed by atoms with Crippen molar-refractivity contribution in [1.29, 1.82) is 0 Å². The molecule has 1 aromatic carbocycles. The van der Waals surface area contributed by atoms with E-state index in [9.17, 15) is 9.59 Å². The Morgan fingerprint density at radius 3 is 2.62 bits per heavy atom. The molecule has 108 valence electrons. The van der Waals surface area contributed by atoms with E-state index in [4.69, 9.17) is 9.84 Å². The van der Waals surface area contributed by atoms with Gasteiger partial charge in [-0.25, -0.2) is 4.79 Å². The van der Waals surface area contributed by atoms with Gasteiger partial charge in [0.1, 0.15) is 5.75 Å². The van der Waals surface area contributed by atoms with Crippen molar-refractivity contribution in [2.75, 3.05) is 7.11 Å². The summed E-state index contributed by atoms with van der Waals surface area (Å²) in [6, 6.07) is 8.93. The second-order valence-corrected chi connectivity index (χ2v) is 4.51. The molecule has 0 aliphatic heterocycles. The first-order valence-electron chi connectivity index (χ1n) is 6.30. The maximum Gasteiger partial charge on any atom is 0.328 e. The van der Waals surface area contributed by atoms with Gasteiger partial charge >= 0.3 is 5.97 Å². The Kier molecular flexibility index (Phi) is 4.23. The summed E-state index contributed by atoms with van der Waals surface area (Å²) >= 11 is 0. The van der Waals surface area contributed by atoms with Crippen LogP contribution in [0.5, 0.6) is 5.75 Å². The lowest BCUT2D eigenvalue weighted by Gasteiger charge is -2.07. The molecule has 2 rings (SSSR count). The molecular formula is C16H15NO4. The van der Waals surface area contributed by atoms with Crippen LogP contribution in [-0.2, 0) is 4.79 Å². The molecule has 0 fully saturated rings. The molecule has 0 spiro atoms. The van der Waals surface area contributed by atoms with Crippen molar-refractivity contribution >= 4 is 12.0 Å². The number of rotatable bonds is 4. The van der Waals surface area contributed by atoms with E-state index < -0.39 is 5.97 Å². The van der Waals surface area contributed by atoms with Crippen molar-refractivity contribution in [3.8, 4) is 17.0 Å². The number of aryl methyl sites for hydroxylation is 1. The number of hydrogen-bond donors (Lipinski definition) is 2. The molecule has 2 aromatic rings. The Morgan fingerprint density at radius 2 is 2.05 bits per heavy atom. The standard InChI is InChI=1S/C16H15NO4/c1-10-9-12(4-7-14(10)21-2)13-6-3-11(16(20)17-13)5-8-15(18)19/h3-9H,1-2H3,(H,17,20)(H,18,19)/b8-5+. The highest BCUT2D eigenvalue weighted by atomic mass is 16.5. The van der Waals surface area contributed by atoms with Crippen LogP contribution < -0.4 is 10.3 Å². The van der Waals surface area contributed by atoms with Crippen LogP contribution in [0.3, 0.4) is 0 Å². The average molecular weight is 285 g/mol. The van der Waals surface area contributed by atoms with Gasteiger partial charge < -0.3 is 14.8 Å². The second-order valence-electron chi connectivity index (χ2n) is 4.51. The Bertz CT molecular complexity index is 759. The Balaban J connectivity index is 2.38. The third-order valence-corrected chi connectivity index (χ3v) is 3.05. The first-order valence-corrected chi connectivity index (χ1v) is 6.30. The molecular weight excluding hydrogens is 270 g/mol. The predicted octanol–water partition coefficient (Wildman–Crippen LogP) is 2.46. The minimum absolute atomic E-state index is 0.298. The molecule has 0 aliphatic carbocycles. The molecule has 0 aliphatic rings.